The van der Waals surface area contributed by atoms with Crippen LogP contribution in [0, 0.1) is 5.92 Å². The first kappa shape index (κ1) is 13.6. The largest absolute Gasteiger partial charge is 0.343 e. The lowest BCUT2D eigenvalue weighted by molar-refractivity contribution is -0.131. The van der Waals surface area contributed by atoms with Gasteiger partial charge >= 0.3 is 0 Å². The number of likely N-dealkylation sites (tertiary alicyclic amines) is 1. The zero-order valence-electron chi connectivity index (χ0n) is 11.3. The molecule has 1 fully saturated rings. The van der Waals surface area contributed by atoms with Gasteiger partial charge < -0.3 is 10.2 Å². The Kier molecular flexibility index (Phi) is 4.55. The summed E-state index contributed by atoms with van der Waals surface area (Å²) in [6, 6.07) is 8.95. The lowest BCUT2D eigenvalue weighted by atomic mass is 9.99. The maximum absolute atomic E-state index is 12.0. The fourth-order valence-corrected chi connectivity index (χ4v) is 2.22. The van der Waals surface area contributed by atoms with E-state index in [1.54, 1.807) is 12.1 Å². The summed E-state index contributed by atoms with van der Waals surface area (Å²) in [5.41, 5.74) is 0.586. The van der Waals surface area contributed by atoms with Crippen LogP contribution in [0.3, 0.4) is 0 Å². The van der Waals surface area contributed by atoms with Crippen LogP contribution in [0.15, 0.2) is 30.3 Å². The van der Waals surface area contributed by atoms with Crippen molar-refractivity contribution in [3.63, 3.8) is 0 Å². The van der Waals surface area contributed by atoms with Gasteiger partial charge in [-0.05, 0) is 30.9 Å². The molecular formula is C15H20N2O2. The molecule has 1 aromatic carbocycles. The minimum Gasteiger partial charge on any atom is -0.343 e. The Morgan fingerprint density at radius 3 is 2.47 bits per heavy atom. The highest BCUT2D eigenvalue weighted by molar-refractivity contribution is 5.96. The van der Waals surface area contributed by atoms with Crippen molar-refractivity contribution in [1.29, 1.82) is 0 Å². The standard InChI is InChI=1S/C15H20N2O2/c1-12-7-9-17(10-8-12)14(18)11-16-15(19)13-5-3-2-4-6-13/h2-6,12H,7-11H2,1H3,(H,16,19). The lowest BCUT2D eigenvalue weighted by Crippen LogP contribution is -2.43. The first-order valence-corrected chi connectivity index (χ1v) is 6.78. The smallest absolute Gasteiger partial charge is 0.251 e. The minimum absolute atomic E-state index is 0.0104. The van der Waals surface area contributed by atoms with Crippen molar-refractivity contribution in [3.8, 4) is 0 Å². The van der Waals surface area contributed by atoms with Crippen molar-refractivity contribution in [2.45, 2.75) is 19.8 Å². The fraction of sp³-hybridized carbons (Fsp3) is 0.467. The van der Waals surface area contributed by atoms with Gasteiger partial charge in [-0.3, -0.25) is 9.59 Å². The van der Waals surface area contributed by atoms with E-state index in [9.17, 15) is 9.59 Å². The molecule has 102 valence electrons. The summed E-state index contributed by atoms with van der Waals surface area (Å²) in [6.07, 6.45) is 2.11. The van der Waals surface area contributed by atoms with Crippen molar-refractivity contribution in [3.05, 3.63) is 35.9 Å². The monoisotopic (exact) mass is 260 g/mol. The maximum atomic E-state index is 12.0. The summed E-state index contributed by atoms with van der Waals surface area (Å²) in [5, 5.41) is 2.68. The summed E-state index contributed by atoms with van der Waals surface area (Å²) in [6.45, 7) is 3.91. The third kappa shape index (κ3) is 3.81. The van der Waals surface area contributed by atoms with Crippen molar-refractivity contribution in [2.24, 2.45) is 5.92 Å². The van der Waals surface area contributed by atoms with Crippen molar-refractivity contribution < 1.29 is 9.59 Å². The zero-order valence-corrected chi connectivity index (χ0v) is 11.3. The van der Waals surface area contributed by atoms with Gasteiger partial charge in [0.2, 0.25) is 5.91 Å². The van der Waals surface area contributed by atoms with Gasteiger partial charge in [0.1, 0.15) is 0 Å². The van der Waals surface area contributed by atoms with Crippen LogP contribution >= 0.6 is 0 Å². The Balaban J connectivity index is 1.79. The molecule has 19 heavy (non-hydrogen) atoms. The Morgan fingerprint density at radius 2 is 1.84 bits per heavy atom. The fourth-order valence-electron chi connectivity index (χ4n) is 2.22. The summed E-state index contributed by atoms with van der Waals surface area (Å²) < 4.78 is 0. The van der Waals surface area contributed by atoms with Crippen molar-refractivity contribution >= 4 is 11.8 Å². The molecule has 0 bridgehead atoms. The number of hydrogen-bond donors (Lipinski definition) is 1. The number of carbonyl (C=O) groups excluding carboxylic acids is 2. The zero-order chi connectivity index (χ0) is 13.7. The van der Waals surface area contributed by atoms with E-state index in [1.807, 2.05) is 23.1 Å². The van der Waals surface area contributed by atoms with Crippen molar-refractivity contribution in [2.75, 3.05) is 19.6 Å². The Labute approximate surface area is 113 Å². The molecule has 4 nitrogen and oxygen atoms in total. The Hall–Kier alpha value is -1.84. The molecule has 0 unspecified atom stereocenters. The first-order chi connectivity index (χ1) is 9.16. The van der Waals surface area contributed by atoms with E-state index < -0.39 is 0 Å². The molecule has 1 aliphatic heterocycles. The minimum atomic E-state index is -0.195. The number of benzene rings is 1. The van der Waals surface area contributed by atoms with Crippen LogP contribution in [-0.4, -0.2) is 36.3 Å². The summed E-state index contributed by atoms with van der Waals surface area (Å²) in [5.74, 6) is 0.512. The van der Waals surface area contributed by atoms with Gasteiger partial charge in [0.05, 0.1) is 6.54 Å². The molecule has 2 rings (SSSR count). The van der Waals surface area contributed by atoms with Gasteiger partial charge in [0, 0.05) is 18.7 Å². The maximum Gasteiger partial charge on any atom is 0.251 e. The molecule has 0 atom stereocenters. The highest BCUT2D eigenvalue weighted by atomic mass is 16.2. The number of rotatable bonds is 3. The molecule has 1 aromatic rings. The van der Waals surface area contributed by atoms with Crippen LogP contribution in [0.25, 0.3) is 0 Å². The first-order valence-electron chi connectivity index (χ1n) is 6.78. The molecule has 4 heteroatoms. The summed E-state index contributed by atoms with van der Waals surface area (Å²) in [7, 11) is 0. The Bertz CT molecular complexity index is 437. The predicted octanol–water partition coefficient (Wildman–Crippen LogP) is 1.67. The number of nitrogens with zero attached hydrogens (tertiary/aromatic N) is 1. The van der Waals surface area contributed by atoms with Crippen LogP contribution in [0.5, 0.6) is 0 Å². The highest BCUT2D eigenvalue weighted by Gasteiger charge is 2.20. The molecule has 1 N–H and O–H groups in total. The van der Waals surface area contributed by atoms with Crippen LogP contribution in [-0.2, 0) is 4.79 Å². The van der Waals surface area contributed by atoms with Crippen molar-refractivity contribution in [1.82, 2.24) is 10.2 Å². The summed E-state index contributed by atoms with van der Waals surface area (Å²) >= 11 is 0. The molecule has 2 amide bonds. The highest BCUT2D eigenvalue weighted by Crippen LogP contribution is 2.15. The van der Waals surface area contributed by atoms with Gasteiger partial charge in [-0.2, -0.15) is 0 Å². The van der Waals surface area contributed by atoms with Crippen LogP contribution in [0.4, 0.5) is 0 Å². The molecule has 1 saturated heterocycles. The van der Waals surface area contributed by atoms with E-state index in [-0.39, 0.29) is 18.4 Å². The quantitative estimate of drug-likeness (QED) is 0.899. The average Bonchev–Trinajstić information content (AvgIpc) is 2.46. The molecular weight excluding hydrogens is 240 g/mol. The molecule has 1 aliphatic rings. The van der Waals surface area contributed by atoms with E-state index in [4.69, 9.17) is 0 Å². The molecule has 0 aliphatic carbocycles. The van der Waals surface area contributed by atoms with Gasteiger partial charge in [-0.1, -0.05) is 25.1 Å². The number of amides is 2. The molecule has 0 spiro atoms. The van der Waals surface area contributed by atoms with E-state index >= 15 is 0 Å². The lowest BCUT2D eigenvalue weighted by Gasteiger charge is -2.30. The number of hydrogen-bond acceptors (Lipinski definition) is 2. The third-order valence-corrected chi connectivity index (χ3v) is 3.57. The topological polar surface area (TPSA) is 49.4 Å². The van der Waals surface area contributed by atoms with E-state index in [0.29, 0.717) is 11.5 Å². The van der Waals surface area contributed by atoms with Crippen LogP contribution in [0.1, 0.15) is 30.1 Å². The van der Waals surface area contributed by atoms with Gasteiger partial charge in [-0.25, -0.2) is 0 Å². The van der Waals surface area contributed by atoms with E-state index in [0.717, 1.165) is 25.9 Å². The average molecular weight is 260 g/mol. The normalized spacial score (nSPS) is 16.2. The number of piperidine rings is 1. The predicted molar refractivity (Wildman–Crippen MR) is 73.8 cm³/mol. The van der Waals surface area contributed by atoms with E-state index in [1.165, 1.54) is 0 Å². The van der Waals surface area contributed by atoms with Gasteiger partial charge in [0.25, 0.3) is 5.91 Å². The molecule has 0 aromatic heterocycles. The second-order valence-corrected chi connectivity index (χ2v) is 5.11. The second-order valence-electron chi connectivity index (χ2n) is 5.11. The van der Waals surface area contributed by atoms with Crippen LogP contribution < -0.4 is 5.32 Å². The molecule has 1 heterocycles. The summed E-state index contributed by atoms with van der Waals surface area (Å²) in [4.78, 5) is 25.6. The number of carbonyl (C=O) groups is 2. The Morgan fingerprint density at radius 1 is 1.21 bits per heavy atom. The van der Waals surface area contributed by atoms with E-state index in [2.05, 4.69) is 12.2 Å². The van der Waals surface area contributed by atoms with Gasteiger partial charge in [-0.15, -0.1) is 0 Å². The van der Waals surface area contributed by atoms with Gasteiger partial charge in [0.15, 0.2) is 0 Å². The second kappa shape index (κ2) is 6.36. The molecule has 0 radical (unpaired) electrons. The SMILES string of the molecule is CC1CCN(C(=O)CNC(=O)c2ccccc2)CC1. The molecule has 0 saturated carbocycles. The third-order valence-electron chi connectivity index (χ3n) is 3.57. The number of nitrogens with one attached hydrogen (secondary N) is 1. The van der Waals surface area contributed by atoms with Crippen LogP contribution in [0.2, 0.25) is 0 Å².